The average Bonchev–Trinajstić information content (AvgIpc) is 2.72. The first-order valence-electron chi connectivity index (χ1n) is 7.98. The maximum absolute atomic E-state index is 12.4. The van der Waals surface area contributed by atoms with Gasteiger partial charge in [-0.15, -0.1) is 0 Å². The SMILES string of the molecule is CC(C)[C@@H]1CC[C@]2(C)C[C@H]3[C@@H](C[C@@H]12)C(=O)[C@]3(C)CO. The molecule has 0 spiro atoms. The maximum atomic E-state index is 12.4. The molecule has 0 unspecified atom stereocenters. The van der Waals surface area contributed by atoms with Crippen LogP contribution in [0.3, 0.4) is 0 Å². The summed E-state index contributed by atoms with van der Waals surface area (Å²) in [5.74, 6) is 3.33. The largest absolute Gasteiger partial charge is 0.395 e. The van der Waals surface area contributed by atoms with Crippen LogP contribution < -0.4 is 0 Å². The highest BCUT2D eigenvalue weighted by molar-refractivity contribution is 5.94. The first-order valence-corrected chi connectivity index (χ1v) is 7.98. The second kappa shape index (κ2) is 4.07. The van der Waals surface area contributed by atoms with Gasteiger partial charge in [-0.25, -0.2) is 0 Å². The Kier molecular flexibility index (Phi) is 2.91. The summed E-state index contributed by atoms with van der Waals surface area (Å²) in [6.45, 7) is 9.14. The van der Waals surface area contributed by atoms with Crippen molar-refractivity contribution in [2.45, 2.75) is 53.4 Å². The summed E-state index contributed by atoms with van der Waals surface area (Å²) in [5.41, 5.74) is 0.00178. The van der Waals surface area contributed by atoms with Crippen LogP contribution in [0.1, 0.15) is 53.4 Å². The number of fused-ring (bicyclic) bond motifs is 2. The summed E-state index contributed by atoms with van der Waals surface area (Å²) in [5, 5.41) is 9.60. The minimum atomic E-state index is -0.422. The number of hydrogen-bond donors (Lipinski definition) is 1. The zero-order chi connectivity index (χ0) is 14.0. The molecule has 3 aliphatic rings. The number of Topliss-reactive ketones (excluding diaryl/α,β-unsaturated/α-hetero) is 1. The molecule has 3 fully saturated rings. The Labute approximate surface area is 117 Å². The lowest BCUT2D eigenvalue weighted by molar-refractivity contribution is -0.175. The van der Waals surface area contributed by atoms with E-state index in [0.717, 1.165) is 30.6 Å². The van der Waals surface area contributed by atoms with Crippen LogP contribution >= 0.6 is 0 Å². The molecule has 0 radical (unpaired) electrons. The Bertz CT molecular complexity index is 402. The van der Waals surface area contributed by atoms with Gasteiger partial charge >= 0.3 is 0 Å². The molecule has 3 saturated carbocycles. The number of aliphatic hydroxyl groups excluding tert-OH is 1. The maximum Gasteiger partial charge on any atom is 0.144 e. The Hall–Kier alpha value is -0.370. The number of carbonyl (C=O) groups excluding carboxylic acids is 1. The van der Waals surface area contributed by atoms with Crippen LogP contribution in [-0.2, 0) is 4.79 Å². The molecule has 0 aliphatic heterocycles. The molecule has 2 heteroatoms. The predicted octanol–water partition coefficient (Wildman–Crippen LogP) is 3.28. The Morgan fingerprint density at radius 1 is 1.32 bits per heavy atom. The molecule has 6 atom stereocenters. The summed E-state index contributed by atoms with van der Waals surface area (Å²) in [6, 6.07) is 0. The lowest BCUT2D eigenvalue weighted by Gasteiger charge is -2.59. The van der Waals surface area contributed by atoms with Gasteiger partial charge in [0.25, 0.3) is 0 Å². The van der Waals surface area contributed by atoms with E-state index in [0.29, 0.717) is 17.1 Å². The van der Waals surface area contributed by atoms with E-state index in [9.17, 15) is 9.90 Å². The lowest BCUT2D eigenvalue weighted by Crippen LogP contribution is -2.62. The summed E-state index contributed by atoms with van der Waals surface area (Å²) in [6.07, 6.45) is 4.91. The fraction of sp³-hybridized carbons (Fsp3) is 0.941. The zero-order valence-corrected chi connectivity index (χ0v) is 12.8. The third-order valence-electron chi connectivity index (χ3n) is 7.04. The molecule has 0 aromatic carbocycles. The molecule has 108 valence electrons. The van der Waals surface area contributed by atoms with Crippen molar-refractivity contribution in [2.75, 3.05) is 6.61 Å². The zero-order valence-electron chi connectivity index (χ0n) is 12.8. The fourth-order valence-electron chi connectivity index (χ4n) is 5.66. The summed E-state index contributed by atoms with van der Waals surface area (Å²) >= 11 is 0. The number of rotatable bonds is 2. The molecule has 2 nitrogen and oxygen atoms in total. The third-order valence-corrected chi connectivity index (χ3v) is 7.04. The second-order valence-electron chi connectivity index (χ2n) is 8.30. The quantitative estimate of drug-likeness (QED) is 0.831. The molecule has 19 heavy (non-hydrogen) atoms. The number of ketones is 1. The number of aliphatic hydroxyl groups is 1. The van der Waals surface area contributed by atoms with Crippen LogP contribution in [0.25, 0.3) is 0 Å². The molecular weight excluding hydrogens is 236 g/mol. The highest BCUT2D eigenvalue weighted by Crippen LogP contribution is 2.66. The molecule has 3 rings (SSSR count). The van der Waals surface area contributed by atoms with E-state index in [-0.39, 0.29) is 12.5 Å². The molecule has 0 aromatic heterocycles. The molecule has 3 aliphatic carbocycles. The van der Waals surface area contributed by atoms with E-state index in [2.05, 4.69) is 20.8 Å². The van der Waals surface area contributed by atoms with E-state index < -0.39 is 5.41 Å². The molecule has 0 saturated heterocycles. The third kappa shape index (κ3) is 1.62. The highest BCUT2D eigenvalue weighted by atomic mass is 16.3. The van der Waals surface area contributed by atoms with Gasteiger partial charge in [0.2, 0.25) is 0 Å². The van der Waals surface area contributed by atoms with Crippen molar-refractivity contribution in [3.8, 4) is 0 Å². The van der Waals surface area contributed by atoms with Crippen molar-refractivity contribution in [1.29, 1.82) is 0 Å². The van der Waals surface area contributed by atoms with E-state index in [1.165, 1.54) is 12.8 Å². The number of hydrogen-bond acceptors (Lipinski definition) is 2. The monoisotopic (exact) mass is 264 g/mol. The van der Waals surface area contributed by atoms with E-state index >= 15 is 0 Å². The van der Waals surface area contributed by atoms with Gasteiger partial charge in [0.1, 0.15) is 5.78 Å². The minimum absolute atomic E-state index is 0.0430. The average molecular weight is 264 g/mol. The van der Waals surface area contributed by atoms with Gasteiger partial charge in [0.05, 0.1) is 12.0 Å². The molecule has 1 N–H and O–H groups in total. The predicted molar refractivity (Wildman–Crippen MR) is 75.6 cm³/mol. The summed E-state index contributed by atoms with van der Waals surface area (Å²) in [4.78, 5) is 12.4. The van der Waals surface area contributed by atoms with Gasteiger partial charge in [0, 0.05) is 5.92 Å². The van der Waals surface area contributed by atoms with Gasteiger partial charge < -0.3 is 5.11 Å². The van der Waals surface area contributed by atoms with Crippen LogP contribution in [0.2, 0.25) is 0 Å². The van der Waals surface area contributed by atoms with Crippen molar-refractivity contribution < 1.29 is 9.90 Å². The first-order chi connectivity index (χ1) is 8.83. The van der Waals surface area contributed by atoms with Gasteiger partial charge in [0.15, 0.2) is 0 Å². The van der Waals surface area contributed by atoms with Crippen LogP contribution in [0, 0.1) is 40.4 Å². The lowest BCUT2D eigenvalue weighted by atomic mass is 9.43. The second-order valence-corrected chi connectivity index (χ2v) is 8.30. The molecule has 0 heterocycles. The topological polar surface area (TPSA) is 37.3 Å². The van der Waals surface area contributed by atoms with E-state index in [1.807, 2.05) is 6.92 Å². The standard InChI is InChI=1S/C17H28O2/c1-10(2)11-5-6-16(3)8-14-12(7-13(11)16)15(19)17(14,4)9-18/h10-14,18H,5-9H2,1-4H3/t11-,12+,13-,14-,16+,17+/m0/s1. The summed E-state index contributed by atoms with van der Waals surface area (Å²) < 4.78 is 0. The molecule has 0 amide bonds. The van der Waals surface area contributed by atoms with Crippen molar-refractivity contribution in [2.24, 2.45) is 40.4 Å². The first kappa shape index (κ1) is 13.6. The van der Waals surface area contributed by atoms with Gasteiger partial charge in [-0.3, -0.25) is 4.79 Å². The number of carbonyl (C=O) groups is 1. The van der Waals surface area contributed by atoms with Crippen molar-refractivity contribution in [3.05, 3.63) is 0 Å². The highest BCUT2D eigenvalue weighted by Gasteiger charge is 2.65. The Morgan fingerprint density at radius 3 is 2.58 bits per heavy atom. The van der Waals surface area contributed by atoms with Crippen molar-refractivity contribution >= 4 is 5.78 Å². The smallest absolute Gasteiger partial charge is 0.144 e. The Morgan fingerprint density at radius 2 is 2.00 bits per heavy atom. The minimum Gasteiger partial charge on any atom is -0.395 e. The van der Waals surface area contributed by atoms with E-state index in [1.54, 1.807) is 0 Å². The summed E-state index contributed by atoms with van der Waals surface area (Å²) in [7, 11) is 0. The van der Waals surface area contributed by atoms with Crippen LogP contribution in [-0.4, -0.2) is 17.5 Å². The van der Waals surface area contributed by atoms with Crippen molar-refractivity contribution in [1.82, 2.24) is 0 Å². The van der Waals surface area contributed by atoms with Gasteiger partial charge in [-0.05, 0) is 54.8 Å². The normalized spacial score (nSPS) is 52.8. The fourth-order valence-corrected chi connectivity index (χ4v) is 5.66. The molecule has 0 aromatic rings. The van der Waals surface area contributed by atoms with Crippen LogP contribution in [0.5, 0.6) is 0 Å². The molecule has 0 bridgehead atoms. The van der Waals surface area contributed by atoms with Gasteiger partial charge in [-0.2, -0.15) is 0 Å². The van der Waals surface area contributed by atoms with Crippen LogP contribution in [0.4, 0.5) is 0 Å². The molecular formula is C17H28O2. The van der Waals surface area contributed by atoms with E-state index in [4.69, 9.17) is 0 Å². The van der Waals surface area contributed by atoms with Crippen molar-refractivity contribution in [3.63, 3.8) is 0 Å². The van der Waals surface area contributed by atoms with Gasteiger partial charge in [-0.1, -0.05) is 27.7 Å². The van der Waals surface area contributed by atoms with Crippen LogP contribution in [0.15, 0.2) is 0 Å². The Balaban J connectivity index is 1.85.